The molecule has 2 N–H and O–H groups in total. The minimum absolute atomic E-state index is 0.115. The van der Waals surface area contributed by atoms with E-state index < -0.39 is 0 Å². The first-order chi connectivity index (χ1) is 10.0. The van der Waals surface area contributed by atoms with E-state index in [2.05, 4.69) is 16.2 Å². The summed E-state index contributed by atoms with van der Waals surface area (Å²) in [7, 11) is 0. The first-order valence-corrected chi connectivity index (χ1v) is 6.68. The Morgan fingerprint density at radius 2 is 2.05 bits per heavy atom. The predicted molar refractivity (Wildman–Crippen MR) is 81.9 cm³/mol. The number of terminal acetylenes is 1. The highest BCUT2D eigenvalue weighted by Gasteiger charge is 2.16. The monoisotopic (exact) mass is 320 g/mol. The maximum absolute atomic E-state index is 12.3. The molecule has 0 bridgehead atoms. The van der Waals surface area contributed by atoms with Gasteiger partial charge in [0.2, 0.25) is 0 Å². The van der Waals surface area contributed by atoms with Crippen LogP contribution in [0.3, 0.4) is 0 Å². The number of hydrogen-bond acceptors (Lipinski definition) is 2. The van der Waals surface area contributed by atoms with Crippen molar-refractivity contribution in [3.8, 4) is 12.3 Å². The zero-order chi connectivity index (χ0) is 15.4. The number of nitrogens with one attached hydrogen (secondary N) is 2. The van der Waals surface area contributed by atoms with E-state index in [-0.39, 0.29) is 29.0 Å². The van der Waals surface area contributed by atoms with Crippen LogP contribution in [0.25, 0.3) is 0 Å². The van der Waals surface area contributed by atoms with E-state index in [1.54, 1.807) is 6.07 Å². The molecule has 0 saturated heterocycles. The summed E-state index contributed by atoms with van der Waals surface area (Å²) in [4.78, 5) is 26.7. The van der Waals surface area contributed by atoms with E-state index in [0.717, 1.165) is 0 Å². The number of carbonyl (C=O) groups is 2. The molecule has 4 nitrogen and oxygen atoms in total. The Bertz CT molecular complexity index is 744. The second-order valence-corrected chi connectivity index (χ2v) is 4.99. The van der Waals surface area contributed by atoms with E-state index in [9.17, 15) is 9.59 Å². The van der Waals surface area contributed by atoms with E-state index >= 15 is 0 Å². The van der Waals surface area contributed by atoms with Crippen LogP contribution in [0.2, 0.25) is 10.0 Å². The number of ketones is 1. The third kappa shape index (κ3) is 3.46. The van der Waals surface area contributed by atoms with Crippen LogP contribution in [0, 0.1) is 12.3 Å². The molecule has 1 aromatic heterocycles. The highest BCUT2D eigenvalue weighted by atomic mass is 35.5. The molecule has 0 aliphatic rings. The molecule has 1 heterocycles. The fraction of sp³-hybridized carbons (Fsp3) is 0.0667. The van der Waals surface area contributed by atoms with Gasteiger partial charge in [-0.25, -0.2) is 0 Å². The summed E-state index contributed by atoms with van der Waals surface area (Å²) in [6.07, 6.45) is 6.50. The first kappa shape index (κ1) is 15.2. The Labute approximate surface area is 131 Å². The Balaban J connectivity index is 2.23. The van der Waals surface area contributed by atoms with Gasteiger partial charge in [0.25, 0.3) is 5.91 Å². The zero-order valence-electron chi connectivity index (χ0n) is 10.7. The number of halogens is 2. The van der Waals surface area contributed by atoms with Gasteiger partial charge in [-0.2, -0.15) is 0 Å². The average Bonchev–Trinajstić information content (AvgIpc) is 2.94. The zero-order valence-corrected chi connectivity index (χ0v) is 12.3. The van der Waals surface area contributed by atoms with Gasteiger partial charge in [-0.3, -0.25) is 9.59 Å². The van der Waals surface area contributed by atoms with Crippen molar-refractivity contribution in [2.24, 2.45) is 0 Å². The van der Waals surface area contributed by atoms with Crippen LogP contribution in [0.15, 0.2) is 30.5 Å². The number of H-pyrrole nitrogens is 1. The lowest BCUT2D eigenvalue weighted by Gasteiger charge is -2.02. The molecule has 0 radical (unpaired) electrons. The molecule has 106 valence electrons. The molecule has 0 spiro atoms. The number of amides is 1. The molecule has 6 heteroatoms. The molecule has 0 atom stereocenters. The smallest absolute Gasteiger partial charge is 0.268 e. The van der Waals surface area contributed by atoms with Gasteiger partial charge >= 0.3 is 0 Å². The molecular weight excluding hydrogens is 311 g/mol. The third-order valence-electron chi connectivity index (χ3n) is 2.72. The van der Waals surface area contributed by atoms with Crippen molar-refractivity contribution in [2.45, 2.75) is 0 Å². The molecule has 21 heavy (non-hydrogen) atoms. The van der Waals surface area contributed by atoms with Gasteiger partial charge in [0, 0.05) is 22.3 Å². The van der Waals surface area contributed by atoms with E-state index in [1.807, 2.05) is 0 Å². The number of hydrogen-bond donors (Lipinski definition) is 2. The summed E-state index contributed by atoms with van der Waals surface area (Å²) >= 11 is 11.8. The molecule has 2 aromatic rings. The summed E-state index contributed by atoms with van der Waals surface area (Å²) in [5, 5.41) is 3.20. The lowest BCUT2D eigenvalue weighted by Crippen LogP contribution is -2.23. The van der Waals surface area contributed by atoms with Gasteiger partial charge in [0.05, 0.1) is 11.6 Å². The van der Waals surface area contributed by atoms with E-state index in [4.69, 9.17) is 29.6 Å². The highest BCUT2D eigenvalue weighted by Crippen LogP contribution is 2.23. The molecule has 1 amide bonds. The Kier molecular flexibility index (Phi) is 4.69. The summed E-state index contributed by atoms with van der Waals surface area (Å²) in [5.74, 6) is 1.61. The molecule has 0 fully saturated rings. The lowest BCUT2D eigenvalue weighted by molar-refractivity contribution is 0.0954. The van der Waals surface area contributed by atoms with Crippen molar-refractivity contribution < 1.29 is 9.59 Å². The number of carbonyl (C=O) groups excluding carboxylic acids is 2. The van der Waals surface area contributed by atoms with E-state index in [1.165, 1.54) is 24.4 Å². The number of benzene rings is 1. The highest BCUT2D eigenvalue weighted by molar-refractivity contribution is 6.37. The summed E-state index contributed by atoms with van der Waals surface area (Å²) < 4.78 is 0. The van der Waals surface area contributed by atoms with Crippen LogP contribution in [0.1, 0.15) is 26.4 Å². The maximum atomic E-state index is 12.3. The quantitative estimate of drug-likeness (QED) is 0.672. The van der Waals surface area contributed by atoms with Crippen molar-refractivity contribution >= 4 is 34.9 Å². The summed E-state index contributed by atoms with van der Waals surface area (Å²) in [6.45, 7) is 0.115. The van der Waals surface area contributed by atoms with Crippen molar-refractivity contribution in [3.63, 3.8) is 0 Å². The second kappa shape index (κ2) is 6.49. The standard InChI is InChI=1S/C15H10Cl2N2O2/c1-2-5-18-15(21)13-6-9(8-19-13)14(20)11-4-3-10(16)7-12(11)17/h1,3-4,6-8,19H,5H2,(H,18,21). The van der Waals surface area contributed by atoms with Crippen LogP contribution >= 0.6 is 23.2 Å². The molecule has 2 rings (SSSR count). The normalized spacial score (nSPS) is 9.95. The van der Waals surface area contributed by atoms with Gasteiger partial charge in [-0.1, -0.05) is 29.1 Å². The van der Waals surface area contributed by atoms with Crippen LogP contribution in [0.4, 0.5) is 0 Å². The van der Waals surface area contributed by atoms with Gasteiger partial charge in [0.15, 0.2) is 5.78 Å². The van der Waals surface area contributed by atoms with Crippen LogP contribution in [-0.4, -0.2) is 23.2 Å². The van der Waals surface area contributed by atoms with Crippen molar-refractivity contribution in [2.75, 3.05) is 6.54 Å². The van der Waals surface area contributed by atoms with Crippen molar-refractivity contribution in [3.05, 3.63) is 57.3 Å². The number of aromatic amines is 1. The Morgan fingerprint density at radius 1 is 1.29 bits per heavy atom. The Hall–Kier alpha value is -2.22. The second-order valence-electron chi connectivity index (χ2n) is 4.14. The third-order valence-corrected chi connectivity index (χ3v) is 3.26. The van der Waals surface area contributed by atoms with Crippen molar-refractivity contribution in [1.82, 2.24) is 10.3 Å². The molecular formula is C15H10Cl2N2O2. The fourth-order valence-electron chi connectivity index (χ4n) is 1.71. The van der Waals surface area contributed by atoms with Gasteiger partial charge in [-0.05, 0) is 24.3 Å². The molecule has 0 saturated carbocycles. The Morgan fingerprint density at radius 3 is 2.71 bits per heavy atom. The molecule has 1 aromatic carbocycles. The number of aromatic nitrogens is 1. The largest absolute Gasteiger partial charge is 0.356 e. The van der Waals surface area contributed by atoms with Crippen LogP contribution in [0.5, 0.6) is 0 Å². The van der Waals surface area contributed by atoms with Gasteiger partial charge in [-0.15, -0.1) is 6.42 Å². The predicted octanol–water partition coefficient (Wildman–Crippen LogP) is 2.92. The van der Waals surface area contributed by atoms with Gasteiger partial charge in [0.1, 0.15) is 5.69 Å². The SMILES string of the molecule is C#CCNC(=O)c1cc(C(=O)c2ccc(Cl)cc2Cl)c[nH]1. The van der Waals surface area contributed by atoms with Crippen molar-refractivity contribution in [1.29, 1.82) is 0 Å². The molecule has 0 aliphatic carbocycles. The maximum Gasteiger partial charge on any atom is 0.268 e. The topological polar surface area (TPSA) is 62.0 Å². The number of rotatable bonds is 4. The average molecular weight is 321 g/mol. The van der Waals surface area contributed by atoms with Gasteiger partial charge < -0.3 is 10.3 Å². The molecule has 0 aliphatic heterocycles. The summed E-state index contributed by atoms with van der Waals surface area (Å²) in [6, 6.07) is 6.05. The first-order valence-electron chi connectivity index (χ1n) is 5.92. The summed E-state index contributed by atoms with van der Waals surface area (Å²) in [5.41, 5.74) is 0.888. The van der Waals surface area contributed by atoms with Crippen LogP contribution in [-0.2, 0) is 0 Å². The molecule has 0 unspecified atom stereocenters. The van der Waals surface area contributed by atoms with Crippen LogP contribution < -0.4 is 5.32 Å². The minimum Gasteiger partial charge on any atom is -0.356 e. The minimum atomic E-state index is -0.380. The lowest BCUT2D eigenvalue weighted by atomic mass is 10.1. The van der Waals surface area contributed by atoms with E-state index in [0.29, 0.717) is 16.1 Å². The fourth-order valence-corrected chi connectivity index (χ4v) is 2.21.